The van der Waals surface area contributed by atoms with Gasteiger partial charge in [0.05, 0.1) is 12.8 Å². The van der Waals surface area contributed by atoms with Crippen molar-refractivity contribution in [2.45, 2.75) is 0 Å². The number of nitrogens with one attached hydrogen (secondary N) is 1. The summed E-state index contributed by atoms with van der Waals surface area (Å²) in [5, 5.41) is 2.02. The fourth-order valence-electron chi connectivity index (χ4n) is 0.803. The van der Waals surface area contributed by atoms with Gasteiger partial charge in [-0.25, -0.2) is 4.79 Å². The van der Waals surface area contributed by atoms with Gasteiger partial charge in [-0.1, -0.05) is 6.58 Å². The van der Waals surface area contributed by atoms with Crippen molar-refractivity contribution in [1.82, 2.24) is 10.2 Å². The standard InChI is InChI=1S/C8H15N3O3/c1-3-14-8(13)10-7(12)6-11(2)5-4-9/h3H,1,4-6,9H2,2H3,(H,10,12,13). The number of nitrogens with zero attached hydrogens (tertiary/aromatic N) is 1. The van der Waals surface area contributed by atoms with E-state index >= 15 is 0 Å². The molecule has 0 saturated carbocycles. The minimum atomic E-state index is -0.828. The Hall–Kier alpha value is -1.40. The number of carbonyl (C=O) groups is 2. The summed E-state index contributed by atoms with van der Waals surface area (Å²) in [6.07, 6.45) is 0.123. The Morgan fingerprint density at radius 2 is 2.29 bits per heavy atom. The topological polar surface area (TPSA) is 84.7 Å². The largest absolute Gasteiger partial charge is 0.419 e. The highest BCUT2D eigenvalue weighted by Gasteiger charge is 2.09. The summed E-state index contributed by atoms with van der Waals surface area (Å²) in [6.45, 7) is 4.32. The summed E-state index contributed by atoms with van der Waals surface area (Å²) >= 11 is 0. The molecule has 0 fully saturated rings. The SMILES string of the molecule is C=COC(=O)NC(=O)CN(C)CCN. The van der Waals surface area contributed by atoms with Crippen LogP contribution in [0.1, 0.15) is 0 Å². The molecule has 0 aliphatic heterocycles. The normalized spacial score (nSPS) is 9.64. The molecule has 0 heterocycles. The van der Waals surface area contributed by atoms with Crippen LogP contribution in [0.15, 0.2) is 12.8 Å². The maximum absolute atomic E-state index is 11.1. The first-order valence-corrected chi connectivity index (χ1v) is 4.10. The number of imide groups is 1. The Morgan fingerprint density at radius 1 is 1.64 bits per heavy atom. The average Bonchev–Trinajstić information content (AvgIpc) is 2.03. The van der Waals surface area contributed by atoms with Crippen molar-refractivity contribution in [3.63, 3.8) is 0 Å². The van der Waals surface area contributed by atoms with Crippen molar-refractivity contribution in [1.29, 1.82) is 0 Å². The Morgan fingerprint density at radius 3 is 2.79 bits per heavy atom. The fourth-order valence-corrected chi connectivity index (χ4v) is 0.803. The number of carbonyl (C=O) groups excluding carboxylic acids is 2. The fraction of sp³-hybridized carbons (Fsp3) is 0.500. The molecule has 6 nitrogen and oxygen atoms in total. The highest BCUT2D eigenvalue weighted by Crippen LogP contribution is 1.82. The van der Waals surface area contributed by atoms with Crippen LogP contribution in [0.4, 0.5) is 4.79 Å². The minimum Gasteiger partial charge on any atom is -0.419 e. The molecule has 6 heteroatoms. The summed E-state index contributed by atoms with van der Waals surface area (Å²) in [4.78, 5) is 23.5. The number of likely N-dealkylation sites (N-methyl/N-ethyl adjacent to an activating group) is 1. The van der Waals surface area contributed by atoms with E-state index in [0.29, 0.717) is 13.1 Å². The first-order chi connectivity index (χ1) is 6.60. The third-order valence-electron chi connectivity index (χ3n) is 1.36. The van der Waals surface area contributed by atoms with Gasteiger partial charge in [0.15, 0.2) is 0 Å². The highest BCUT2D eigenvalue weighted by atomic mass is 16.5. The zero-order valence-electron chi connectivity index (χ0n) is 8.16. The van der Waals surface area contributed by atoms with Crippen LogP contribution in [-0.4, -0.2) is 43.6 Å². The first-order valence-electron chi connectivity index (χ1n) is 4.10. The number of alkyl carbamates (subject to hydrolysis) is 1. The average molecular weight is 201 g/mol. The van der Waals surface area contributed by atoms with Crippen molar-refractivity contribution in [3.05, 3.63) is 12.8 Å². The molecule has 3 N–H and O–H groups in total. The van der Waals surface area contributed by atoms with Gasteiger partial charge in [0.1, 0.15) is 0 Å². The van der Waals surface area contributed by atoms with Gasteiger partial charge in [0, 0.05) is 13.1 Å². The predicted octanol–water partition coefficient (Wildman–Crippen LogP) is -0.727. The summed E-state index contributed by atoms with van der Waals surface area (Å²) in [7, 11) is 1.73. The van der Waals surface area contributed by atoms with E-state index in [1.165, 1.54) is 0 Å². The molecular weight excluding hydrogens is 186 g/mol. The Labute approximate surface area is 82.7 Å². The number of rotatable bonds is 5. The van der Waals surface area contributed by atoms with Crippen LogP contribution in [0.25, 0.3) is 0 Å². The predicted molar refractivity (Wildman–Crippen MR) is 51.4 cm³/mol. The van der Waals surface area contributed by atoms with Crippen molar-refractivity contribution < 1.29 is 14.3 Å². The van der Waals surface area contributed by atoms with Crippen LogP contribution < -0.4 is 11.1 Å². The van der Waals surface area contributed by atoms with Crippen molar-refractivity contribution in [2.24, 2.45) is 5.73 Å². The van der Waals surface area contributed by atoms with Crippen LogP contribution in [0.5, 0.6) is 0 Å². The first kappa shape index (κ1) is 12.6. The van der Waals surface area contributed by atoms with Crippen LogP contribution >= 0.6 is 0 Å². The molecule has 2 amide bonds. The molecule has 0 unspecified atom stereocenters. The minimum absolute atomic E-state index is 0.101. The van der Waals surface area contributed by atoms with Gasteiger partial charge in [-0.05, 0) is 7.05 Å². The lowest BCUT2D eigenvalue weighted by Crippen LogP contribution is -2.39. The third kappa shape index (κ3) is 6.15. The lowest BCUT2D eigenvalue weighted by molar-refractivity contribution is -0.121. The van der Waals surface area contributed by atoms with E-state index in [0.717, 1.165) is 6.26 Å². The number of ether oxygens (including phenoxy) is 1. The lowest BCUT2D eigenvalue weighted by atomic mass is 10.5. The van der Waals surface area contributed by atoms with E-state index in [1.54, 1.807) is 11.9 Å². The quantitative estimate of drug-likeness (QED) is 0.573. The van der Waals surface area contributed by atoms with Crippen molar-refractivity contribution in [3.8, 4) is 0 Å². The van der Waals surface area contributed by atoms with Gasteiger partial charge in [0.2, 0.25) is 5.91 Å². The van der Waals surface area contributed by atoms with E-state index < -0.39 is 12.0 Å². The van der Waals surface area contributed by atoms with Gasteiger partial charge < -0.3 is 10.5 Å². The molecule has 0 rings (SSSR count). The summed E-state index contributed by atoms with van der Waals surface area (Å²) in [5.41, 5.74) is 5.28. The number of hydrogen-bond donors (Lipinski definition) is 2. The molecule has 0 bridgehead atoms. The van der Waals surface area contributed by atoms with E-state index in [-0.39, 0.29) is 6.54 Å². The molecule has 0 radical (unpaired) electrons. The van der Waals surface area contributed by atoms with Crippen molar-refractivity contribution in [2.75, 3.05) is 26.7 Å². The highest BCUT2D eigenvalue weighted by molar-refractivity contribution is 5.92. The molecule has 0 atom stereocenters. The second-order valence-corrected chi connectivity index (χ2v) is 2.65. The zero-order valence-corrected chi connectivity index (χ0v) is 8.16. The smallest absolute Gasteiger partial charge is 0.418 e. The van der Waals surface area contributed by atoms with Gasteiger partial charge in [0.25, 0.3) is 0 Å². The van der Waals surface area contributed by atoms with Gasteiger partial charge in [-0.15, -0.1) is 0 Å². The molecule has 80 valence electrons. The second kappa shape index (κ2) is 7.05. The third-order valence-corrected chi connectivity index (χ3v) is 1.36. The maximum Gasteiger partial charge on any atom is 0.418 e. The molecule has 14 heavy (non-hydrogen) atoms. The Kier molecular flexibility index (Phi) is 6.34. The molecule has 0 spiro atoms. The van der Waals surface area contributed by atoms with Crippen molar-refractivity contribution >= 4 is 12.0 Å². The lowest BCUT2D eigenvalue weighted by Gasteiger charge is -2.13. The maximum atomic E-state index is 11.1. The number of hydrogen-bond acceptors (Lipinski definition) is 5. The molecule has 0 aliphatic rings. The van der Waals surface area contributed by atoms with Crippen LogP contribution in [0, 0.1) is 0 Å². The Bertz CT molecular complexity index is 218. The summed E-state index contributed by atoms with van der Waals surface area (Å²) in [6, 6.07) is 0. The molecule has 0 aromatic heterocycles. The van der Waals surface area contributed by atoms with Crippen LogP contribution in [0.3, 0.4) is 0 Å². The number of amides is 2. The monoisotopic (exact) mass is 201 g/mol. The number of nitrogens with two attached hydrogens (primary N) is 1. The second-order valence-electron chi connectivity index (χ2n) is 2.65. The van der Waals surface area contributed by atoms with E-state index in [9.17, 15) is 9.59 Å². The van der Waals surface area contributed by atoms with E-state index in [2.05, 4.69) is 11.3 Å². The molecule has 0 aromatic carbocycles. The van der Waals surface area contributed by atoms with Gasteiger partial charge in [-0.2, -0.15) is 0 Å². The van der Waals surface area contributed by atoms with E-state index in [4.69, 9.17) is 5.73 Å². The van der Waals surface area contributed by atoms with Gasteiger partial charge >= 0.3 is 6.09 Å². The zero-order chi connectivity index (χ0) is 11.0. The van der Waals surface area contributed by atoms with Gasteiger partial charge in [-0.3, -0.25) is 15.0 Å². The van der Waals surface area contributed by atoms with E-state index in [1.807, 2.05) is 5.32 Å². The van der Waals surface area contributed by atoms with Crippen LogP contribution in [0.2, 0.25) is 0 Å². The summed E-state index contributed by atoms with van der Waals surface area (Å²) in [5.74, 6) is -0.437. The molecule has 0 aliphatic carbocycles. The Balaban J connectivity index is 3.74. The molecule has 0 aromatic rings. The summed E-state index contributed by atoms with van der Waals surface area (Å²) < 4.78 is 4.30. The van der Waals surface area contributed by atoms with Crippen LogP contribution in [-0.2, 0) is 9.53 Å². The molecular formula is C8H15N3O3. The molecule has 0 saturated heterocycles.